The van der Waals surface area contributed by atoms with Crippen molar-refractivity contribution in [3.05, 3.63) is 46.4 Å². The summed E-state index contributed by atoms with van der Waals surface area (Å²) in [6.07, 6.45) is 0. The highest BCUT2D eigenvalue weighted by Gasteiger charge is 2.16. The van der Waals surface area contributed by atoms with E-state index in [9.17, 15) is 4.79 Å². The van der Waals surface area contributed by atoms with Crippen LogP contribution < -0.4 is 24.8 Å². The Labute approximate surface area is 168 Å². The Hall–Kier alpha value is -2.41. The fraction of sp³-hybridized carbons (Fsp3) is 0.350. The molecule has 0 spiro atoms. The molecule has 2 aromatic rings. The second-order valence-corrected chi connectivity index (χ2v) is 6.35. The topological polar surface area (TPSA) is 68.8 Å². The van der Waals surface area contributed by atoms with Gasteiger partial charge in [0.05, 0.1) is 25.5 Å². The van der Waals surface area contributed by atoms with E-state index in [1.807, 2.05) is 45.0 Å². The first-order chi connectivity index (χ1) is 13.1. The van der Waals surface area contributed by atoms with E-state index < -0.39 is 0 Å². The summed E-state index contributed by atoms with van der Waals surface area (Å²) in [5, 5.41) is 5.66. The van der Waals surface area contributed by atoms with Gasteiger partial charge in [0.15, 0.2) is 11.5 Å². The van der Waals surface area contributed by atoms with E-state index >= 15 is 0 Å². The average Bonchev–Trinajstić information content (AvgIpc) is 2.64. The molecule has 0 aliphatic carbocycles. The smallest absolute Gasteiger partial charge is 0.319 e. The number of amides is 2. The van der Waals surface area contributed by atoms with Crippen LogP contribution in [0.25, 0.3) is 0 Å². The van der Waals surface area contributed by atoms with Gasteiger partial charge >= 0.3 is 6.03 Å². The maximum atomic E-state index is 12.3. The van der Waals surface area contributed by atoms with Crippen LogP contribution in [-0.4, -0.2) is 25.9 Å². The number of hydrogen-bond acceptors (Lipinski definition) is 4. The minimum absolute atomic E-state index is 0.320. The number of benzene rings is 2. The molecule has 27 heavy (non-hydrogen) atoms. The van der Waals surface area contributed by atoms with Crippen molar-refractivity contribution in [2.45, 2.75) is 27.3 Å². The van der Waals surface area contributed by atoms with Gasteiger partial charge in [0.1, 0.15) is 0 Å². The molecule has 6 nitrogen and oxygen atoms in total. The highest BCUT2D eigenvalue weighted by molar-refractivity contribution is 9.10. The van der Waals surface area contributed by atoms with Gasteiger partial charge in [-0.2, -0.15) is 0 Å². The zero-order chi connectivity index (χ0) is 19.6. The zero-order valence-electron chi connectivity index (χ0n) is 15.8. The Morgan fingerprint density at radius 2 is 1.56 bits per heavy atom. The largest absolute Gasteiger partial charge is 0.490 e. The number of carbonyl (C=O) groups excluding carboxylic acids is 1. The molecule has 0 aliphatic heterocycles. The van der Waals surface area contributed by atoms with Gasteiger partial charge in [-0.15, -0.1) is 0 Å². The maximum Gasteiger partial charge on any atom is 0.319 e. The van der Waals surface area contributed by atoms with Crippen molar-refractivity contribution in [2.24, 2.45) is 0 Å². The lowest BCUT2D eigenvalue weighted by atomic mass is 10.2. The molecule has 7 heteroatoms. The lowest BCUT2D eigenvalue weighted by molar-refractivity contribution is 0.251. The molecule has 0 fully saturated rings. The van der Waals surface area contributed by atoms with Crippen molar-refractivity contribution >= 4 is 27.6 Å². The number of ether oxygens (including phenoxy) is 3. The Bertz CT molecular complexity index is 740. The van der Waals surface area contributed by atoms with Crippen molar-refractivity contribution in [1.82, 2.24) is 5.32 Å². The number of anilines is 1. The fourth-order valence-electron chi connectivity index (χ4n) is 2.45. The molecule has 0 aliphatic rings. The summed E-state index contributed by atoms with van der Waals surface area (Å²) in [4.78, 5) is 12.3. The van der Waals surface area contributed by atoms with Crippen molar-refractivity contribution in [1.29, 1.82) is 0 Å². The summed E-state index contributed by atoms with van der Waals surface area (Å²) in [6, 6.07) is 10.9. The maximum absolute atomic E-state index is 12.3. The van der Waals surface area contributed by atoms with E-state index in [0.29, 0.717) is 49.3 Å². The van der Waals surface area contributed by atoms with Crippen molar-refractivity contribution in [3.63, 3.8) is 0 Å². The van der Waals surface area contributed by atoms with Crippen LogP contribution in [0.1, 0.15) is 26.3 Å². The second kappa shape index (κ2) is 10.7. The van der Waals surface area contributed by atoms with Gasteiger partial charge in [0.2, 0.25) is 5.75 Å². The standard InChI is InChI=1S/C20H25BrN2O4/c1-4-25-17-11-15(12-18(26-5-2)19(17)27-6-3)23-20(24)22-13-14-9-7-8-10-16(14)21/h7-12H,4-6,13H2,1-3H3,(H2,22,23,24). The fourth-order valence-corrected chi connectivity index (χ4v) is 2.88. The van der Waals surface area contributed by atoms with E-state index in [0.717, 1.165) is 10.0 Å². The molecule has 0 aromatic heterocycles. The van der Waals surface area contributed by atoms with Gasteiger partial charge in [0.25, 0.3) is 0 Å². The van der Waals surface area contributed by atoms with E-state index in [1.54, 1.807) is 12.1 Å². The molecule has 2 amide bonds. The van der Waals surface area contributed by atoms with E-state index in [1.165, 1.54) is 0 Å². The number of nitrogens with one attached hydrogen (secondary N) is 2. The Balaban J connectivity index is 2.14. The van der Waals surface area contributed by atoms with Crippen molar-refractivity contribution in [2.75, 3.05) is 25.1 Å². The Morgan fingerprint density at radius 1 is 0.963 bits per heavy atom. The van der Waals surface area contributed by atoms with Crippen LogP contribution in [-0.2, 0) is 6.54 Å². The molecule has 2 rings (SSSR count). The monoisotopic (exact) mass is 436 g/mol. The molecule has 0 heterocycles. The number of carbonyl (C=O) groups is 1. The molecule has 0 saturated heterocycles. The lowest BCUT2D eigenvalue weighted by Crippen LogP contribution is -2.28. The molecular formula is C20H25BrN2O4. The summed E-state index contributed by atoms with van der Waals surface area (Å²) < 4.78 is 17.9. The number of halogens is 1. The van der Waals surface area contributed by atoms with Crippen molar-refractivity contribution < 1.29 is 19.0 Å². The van der Waals surface area contributed by atoms with Gasteiger partial charge in [-0.25, -0.2) is 4.79 Å². The third kappa shape index (κ3) is 6.06. The molecule has 2 N–H and O–H groups in total. The van der Waals surface area contributed by atoms with Gasteiger partial charge in [-0.3, -0.25) is 0 Å². The predicted octanol–water partition coefficient (Wildman–Crippen LogP) is 4.97. The summed E-state index contributed by atoms with van der Waals surface area (Å²) in [5.41, 5.74) is 1.55. The van der Waals surface area contributed by atoms with Crippen LogP contribution in [0.4, 0.5) is 10.5 Å². The summed E-state index contributed by atoms with van der Waals surface area (Å²) in [5.74, 6) is 1.61. The summed E-state index contributed by atoms with van der Waals surface area (Å²) in [6.45, 7) is 7.51. The number of rotatable bonds is 9. The van der Waals surface area contributed by atoms with Gasteiger partial charge in [-0.1, -0.05) is 34.1 Å². The van der Waals surface area contributed by atoms with Crippen LogP contribution in [0.2, 0.25) is 0 Å². The van der Waals surface area contributed by atoms with Crippen LogP contribution in [0.5, 0.6) is 17.2 Å². The third-order valence-corrected chi connectivity index (χ3v) is 4.34. The minimum Gasteiger partial charge on any atom is -0.490 e. The zero-order valence-corrected chi connectivity index (χ0v) is 17.4. The third-order valence-electron chi connectivity index (χ3n) is 3.56. The molecule has 0 saturated carbocycles. The van der Waals surface area contributed by atoms with Crippen LogP contribution in [0, 0.1) is 0 Å². The highest BCUT2D eigenvalue weighted by atomic mass is 79.9. The minimum atomic E-state index is -0.320. The molecular weight excluding hydrogens is 412 g/mol. The van der Waals surface area contributed by atoms with Gasteiger partial charge in [-0.05, 0) is 32.4 Å². The first kappa shape index (κ1) is 20.9. The lowest BCUT2D eigenvalue weighted by Gasteiger charge is -2.17. The summed E-state index contributed by atoms with van der Waals surface area (Å²) >= 11 is 3.47. The van der Waals surface area contributed by atoms with E-state index in [2.05, 4.69) is 26.6 Å². The van der Waals surface area contributed by atoms with E-state index in [-0.39, 0.29) is 6.03 Å². The predicted molar refractivity (Wildman–Crippen MR) is 110 cm³/mol. The van der Waals surface area contributed by atoms with Gasteiger partial charge < -0.3 is 24.8 Å². The van der Waals surface area contributed by atoms with Crippen LogP contribution >= 0.6 is 15.9 Å². The quantitative estimate of drug-likeness (QED) is 0.582. The first-order valence-corrected chi connectivity index (χ1v) is 9.72. The van der Waals surface area contributed by atoms with Crippen molar-refractivity contribution in [3.8, 4) is 17.2 Å². The van der Waals surface area contributed by atoms with Gasteiger partial charge in [0, 0.05) is 23.2 Å². The summed E-state index contributed by atoms with van der Waals surface area (Å²) in [7, 11) is 0. The van der Waals surface area contributed by atoms with Crippen LogP contribution in [0.15, 0.2) is 40.9 Å². The average molecular weight is 437 g/mol. The Morgan fingerprint density at radius 3 is 2.11 bits per heavy atom. The first-order valence-electron chi connectivity index (χ1n) is 8.93. The Kier molecular flexibility index (Phi) is 8.26. The molecule has 2 aromatic carbocycles. The van der Waals surface area contributed by atoms with Crippen LogP contribution in [0.3, 0.4) is 0 Å². The second-order valence-electron chi connectivity index (χ2n) is 5.50. The number of urea groups is 1. The normalized spacial score (nSPS) is 10.2. The highest BCUT2D eigenvalue weighted by Crippen LogP contribution is 2.40. The molecule has 0 bridgehead atoms. The molecule has 146 valence electrons. The molecule has 0 radical (unpaired) electrons. The molecule has 0 unspecified atom stereocenters. The SMILES string of the molecule is CCOc1cc(NC(=O)NCc2ccccc2Br)cc(OCC)c1OCC. The number of hydrogen-bond donors (Lipinski definition) is 2. The van der Waals surface area contributed by atoms with E-state index in [4.69, 9.17) is 14.2 Å². The molecule has 0 atom stereocenters.